The molecule has 0 aliphatic rings. The van der Waals surface area contributed by atoms with E-state index in [0.717, 1.165) is 4.90 Å². The quantitative estimate of drug-likeness (QED) is 0.610. The number of benzene rings is 1. The first-order valence-electron chi connectivity index (χ1n) is 4.38. The zero-order valence-corrected chi connectivity index (χ0v) is 8.75. The highest BCUT2D eigenvalue weighted by Gasteiger charge is 2.03. The Bertz CT molecular complexity index is 330. The second kappa shape index (κ2) is 5.50. The monoisotopic (exact) mass is 208 g/mol. The van der Waals surface area contributed by atoms with Gasteiger partial charge in [0.15, 0.2) is 0 Å². The summed E-state index contributed by atoms with van der Waals surface area (Å²) in [6, 6.07) is 9.71. The third kappa shape index (κ3) is 3.26. The second-order valence-electron chi connectivity index (χ2n) is 2.73. The predicted molar refractivity (Wildman–Crippen MR) is 58.3 cm³/mol. The average molecular weight is 208 g/mol. The van der Waals surface area contributed by atoms with Gasteiger partial charge in [-0.05, 0) is 24.0 Å². The minimum Gasteiger partial charge on any atom is -0.478 e. The molecular formula is C11H12O2S. The Labute approximate surface area is 87.6 Å². The molecule has 0 atom stereocenters. The van der Waals surface area contributed by atoms with Crippen molar-refractivity contribution in [3.63, 3.8) is 0 Å². The third-order valence-corrected chi connectivity index (χ3v) is 2.68. The summed E-state index contributed by atoms with van der Waals surface area (Å²) in [4.78, 5) is 11.7. The maximum absolute atomic E-state index is 10.7. The Morgan fingerprint density at radius 2 is 2.07 bits per heavy atom. The van der Waals surface area contributed by atoms with Crippen LogP contribution >= 0.6 is 11.8 Å². The van der Waals surface area contributed by atoms with Crippen LogP contribution < -0.4 is 0 Å². The zero-order chi connectivity index (χ0) is 10.4. The summed E-state index contributed by atoms with van der Waals surface area (Å²) < 4.78 is 0. The summed E-state index contributed by atoms with van der Waals surface area (Å²) >= 11 is 1.44. The number of carboxylic acids is 1. The van der Waals surface area contributed by atoms with Crippen molar-refractivity contribution < 1.29 is 9.90 Å². The highest BCUT2D eigenvalue weighted by atomic mass is 32.2. The van der Waals surface area contributed by atoms with Crippen LogP contribution in [0.1, 0.15) is 13.3 Å². The van der Waals surface area contributed by atoms with Crippen molar-refractivity contribution in [1.29, 1.82) is 0 Å². The molecule has 0 aromatic heterocycles. The van der Waals surface area contributed by atoms with Gasteiger partial charge in [-0.2, -0.15) is 0 Å². The number of hydrogen-bond acceptors (Lipinski definition) is 2. The molecule has 3 heteroatoms. The summed E-state index contributed by atoms with van der Waals surface area (Å²) in [5, 5.41) is 10.5. The fourth-order valence-electron chi connectivity index (χ4n) is 0.923. The van der Waals surface area contributed by atoms with Crippen molar-refractivity contribution in [1.82, 2.24) is 0 Å². The maximum atomic E-state index is 10.7. The Morgan fingerprint density at radius 3 is 2.57 bits per heavy atom. The molecule has 0 fully saturated rings. The van der Waals surface area contributed by atoms with Crippen molar-refractivity contribution in [2.45, 2.75) is 18.2 Å². The smallest absolute Gasteiger partial charge is 0.332 e. The summed E-state index contributed by atoms with van der Waals surface area (Å²) in [5.41, 5.74) is 0.443. The second-order valence-corrected chi connectivity index (χ2v) is 3.68. The van der Waals surface area contributed by atoms with E-state index in [-0.39, 0.29) is 0 Å². The van der Waals surface area contributed by atoms with Gasteiger partial charge < -0.3 is 5.11 Å². The van der Waals surface area contributed by atoms with Crippen molar-refractivity contribution in [3.05, 3.63) is 41.3 Å². The molecule has 2 nitrogen and oxygen atoms in total. The number of hydrogen-bond donors (Lipinski definition) is 1. The van der Waals surface area contributed by atoms with Crippen molar-refractivity contribution in [2.24, 2.45) is 0 Å². The van der Waals surface area contributed by atoms with Gasteiger partial charge in [-0.1, -0.05) is 36.9 Å². The first kappa shape index (κ1) is 10.9. The van der Waals surface area contributed by atoms with E-state index in [9.17, 15) is 4.79 Å². The Hall–Kier alpha value is -1.22. The van der Waals surface area contributed by atoms with E-state index >= 15 is 0 Å². The van der Waals surface area contributed by atoms with Crippen LogP contribution in [0.15, 0.2) is 46.2 Å². The van der Waals surface area contributed by atoms with E-state index in [0.29, 0.717) is 12.0 Å². The van der Waals surface area contributed by atoms with Crippen LogP contribution in [0.4, 0.5) is 0 Å². The lowest BCUT2D eigenvalue weighted by atomic mass is 10.2. The van der Waals surface area contributed by atoms with Crippen LogP contribution in [0, 0.1) is 0 Å². The van der Waals surface area contributed by atoms with Crippen molar-refractivity contribution in [3.8, 4) is 0 Å². The Kier molecular flexibility index (Phi) is 4.26. The summed E-state index contributed by atoms with van der Waals surface area (Å²) in [6.45, 7) is 1.84. The van der Waals surface area contributed by atoms with E-state index in [1.54, 1.807) is 5.41 Å². The molecule has 0 aliphatic carbocycles. The highest BCUT2D eigenvalue weighted by molar-refractivity contribution is 8.02. The molecule has 1 aromatic carbocycles. The number of carboxylic acid groups (broad SMARTS) is 1. The van der Waals surface area contributed by atoms with E-state index in [1.807, 2.05) is 37.3 Å². The fraction of sp³-hybridized carbons (Fsp3) is 0.182. The van der Waals surface area contributed by atoms with Crippen molar-refractivity contribution in [2.75, 3.05) is 0 Å². The van der Waals surface area contributed by atoms with Gasteiger partial charge in [-0.15, -0.1) is 0 Å². The number of rotatable bonds is 4. The van der Waals surface area contributed by atoms with Crippen LogP contribution in [-0.4, -0.2) is 11.1 Å². The molecule has 0 amide bonds. The normalized spacial score (nSPS) is 11.4. The molecule has 0 saturated carbocycles. The molecule has 0 bridgehead atoms. The molecule has 14 heavy (non-hydrogen) atoms. The topological polar surface area (TPSA) is 37.3 Å². The standard InChI is InChI=1S/C11H12O2S/c1-2-9(11(12)13)8-14-10-6-4-3-5-7-10/h3-8H,2H2,1H3,(H,12,13). The molecule has 1 rings (SSSR count). The molecule has 0 unspecified atom stereocenters. The van der Waals surface area contributed by atoms with Crippen LogP contribution in [0.2, 0.25) is 0 Å². The molecule has 1 N–H and O–H groups in total. The lowest BCUT2D eigenvalue weighted by molar-refractivity contribution is -0.132. The van der Waals surface area contributed by atoms with Crippen LogP contribution in [0.5, 0.6) is 0 Å². The van der Waals surface area contributed by atoms with E-state index < -0.39 is 5.97 Å². The highest BCUT2D eigenvalue weighted by Crippen LogP contribution is 2.20. The minimum atomic E-state index is -0.837. The lowest BCUT2D eigenvalue weighted by Crippen LogP contribution is -1.97. The van der Waals surface area contributed by atoms with Gasteiger partial charge in [-0.3, -0.25) is 0 Å². The molecule has 74 valence electrons. The van der Waals surface area contributed by atoms with Gasteiger partial charge >= 0.3 is 5.97 Å². The lowest BCUT2D eigenvalue weighted by Gasteiger charge is -1.98. The average Bonchev–Trinajstić information content (AvgIpc) is 2.20. The molecule has 0 spiro atoms. The summed E-state index contributed by atoms with van der Waals surface area (Å²) in [5.74, 6) is -0.837. The molecular weight excluding hydrogens is 196 g/mol. The van der Waals surface area contributed by atoms with Crippen LogP contribution in [0.25, 0.3) is 0 Å². The first-order chi connectivity index (χ1) is 6.74. The van der Waals surface area contributed by atoms with Crippen LogP contribution in [-0.2, 0) is 4.79 Å². The van der Waals surface area contributed by atoms with Gasteiger partial charge in [0.2, 0.25) is 0 Å². The molecule has 0 heterocycles. The summed E-state index contributed by atoms with van der Waals surface area (Å²) in [7, 11) is 0. The largest absolute Gasteiger partial charge is 0.478 e. The minimum absolute atomic E-state index is 0.443. The molecule has 1 aromatic rings. The first-order valence-corrected chi connectivity index (χ1v) is 5.26. The van der Waals surface area contributed by atoms with Gasteiger partial charge in [0, 0.05) is 10.5 Å². The third-order valence-electron chi connectivity index (χ3n) is 1.74. The SMILES string of the molecule is CCC(=CSc1ccccc1)C(=O)O. The van der Waals surface area contributed by atoms with Crippen LogP contribution in [0.3, 0.4) is 0 Å². The van der Waals surface area contributed by atoms with Gasteiger partial charge in [-0.25, -0.2) is 4.79 Å². The van der Waals surface area contributed by atoms with E-state index in [2.05, 4.69) is 0 Å². The van der Waals surface area contributed by atoms with Gasteiger partial charge in [0.1, 0.15) is 0 Å². The summed E-state index contributed by atoms with van der Waals surface area (Å²) in [6.07, 6.45) is 0.551. The van der Waals surface area contributed by atoms with E-state index in [4.69, 9.17) is 5.11 Å². The predicted octanol–water partition coefficient (Wildman–Crippen LogP) is 3.16. The number of carbonyl (C=O) groups is 1. The Balaban J connectivity index is 2.66. The van der Waals surface area contributed by atoms with Gasteiger partial charge in [0.05, 0.1) is 0 Å². The molecule has 0 aliphatic heterocycles. The molecule has 0 radical (unpaired) electrons. The van der Waals surface area contributed by atoms with E-state index in [1.165, 1.54) is 11.8 Å². The Morgan fingerprint density at radius 1 is 1.43 bits per heavy atom. The zero-order valence-electron chi connectivity index (χ0n) is 7.93. The number of thioether (sulfide) groups is 1. The maximum Gasteiger partial charge on any atom is 0.332 e. The number of aliphatic carboxylic acids is 1. The molecule has 0 saturated heterocycles. The van der Waals surface area contributed by atoms with Gasteiger partial charge in [0.25, 0.3) is 0 Å². The van der Waals surface area contributed by atoms with Crippen molar-refractivity contribution >= 4 is 17.7 Å². The fourth-order valence-corrected chi connectivity index (χ4v) is 1.78.